The molecule has 6 nitrogen and oxygen atoms in total. The number of carbonyl (C=O) groups excluding carboxylic acids is 2. The average Bonchev–Trinajstić information content (AvgIpc) is 2.72. The normalized spacial score (nSPS) is 11.7. The highest BCUT2D eigenvalue weighted by Gasteiger charge is 2.21. The molecule has 6 heteroatoms. The van der Waals surface area contributed by atoms with Crippen LogP contribution in [-0.2, 0) is 4.79 Å². The second-order valence-electron chi connectivity index (χ2n) is 7.35. The summed E-state index contributed by atoms with van der Waals surface area (Å²) in [5.41, 5.74) is 4.62. The highest BCUT2D eigenvalue weighted by atomic mass is 16.2. The first-order chi connectivity index (χ1) is 14.3. The lowest BCUT2D eigenvalue weighted by molar-refractivity contribution is -0.119. The van der Waals surface area contributed by atoms with E-state index in [0.717, 1.165) is 11.1 Å². The number of aryl methyl sites for hydroxylation is 2. The summed E-state index contributed by atoms with van der Waals surface area (Å²) in [6.45, 7) is 7.38. The molecule has 0 radical (unpaired) electrons. The first-order valence-corrected chi connectivity index (χ1v) is 9.89. The Bertz CT molecular complexity index is 1150. The van der Waals surface area contributed by atoms with Gasteiger partial charge in [-0.15, -0.1) is 0 Å². The molecule has 0 aliphatic carbocycles. The molecule has 0 aliphatic heterocycles. The van der Waals surface area contributed by atoms with Crippen LogP contribution in [0.25, 0.3) is 11.3 Å². The van der Waals surface area contributed by atoms with E-state index in [-0.39, 0.29) is 17.2 Å². The first-order valence-electron chi connectivity index (χ1n) is 9.89. The van der Waals surface area contributed by atoms with Gasteiger partial charge in [-0.3, -0.25) is 14.4 Å². The molecule has 0 saturated carbocycles. The topological polar surface area (TPSA) is 81.1 Å². The quantitative estimate of drug-likeness (QED) is 0.622. The maximum absolute atomic E-state index is 12.9. The molecule has 154 valence electrons. The summed E-state index contributed by atoms with van der Waals surface area (Å²) in [6.07, 6.45) is 0.403. The number of carbonyl (C=O) groups is 2. The zero-order valence-electron chi connectivity index (χ0n) is 17.6. The number of amides is 1. The summed E-state index contributed by atoms with van der Waals surface area (Å²) >= 11 is 0. The molecular weight excluding hydrogens is 378 g/mol. The number of benzene rings is 2. The molecule has 0 spiro atoms. The fraction of sp³-hybridized carbons (Fsp3) is 0.250. The van der Waals surface area contributed by atoms with Gasteiger partial charge in [-0.05, 0) is 74.7 Å². The minimum absolute atomic E-state index is 0.0433. The Balaban J connectivity index is 1.89. The third-order valence-electron chi connectivity index (χ3n) is 5.17. The van der Waals surface area contributed by atoms with E-state index in [0.29, 0.717) is 23.4 Å². The molecule has 1 aromatic heterocycles. The van der Waals surface area contributed by atoms with Crippen LogP contribution in [0.3, 0.4) is 0 Å². The van der Waals surface area contributed by atoms with Crippen molar-refractivity contribution in [1.29, 1.82) is 0 Å². The van der Waals surface area contributed by atoms with Crippen LogP contribution in [0.1, 0.15) is 47.8 Å². The average molecular weight is 403 g/mol. The summed E-state index contributed by atoms with van der Waals surface area (Å²) < 4.78 is 1.24. The number of ketones is 1. The van der Waals surface area contributed by atoms with Crippen molar-refractivity contribution in [1.82, 2.24) is 9.78 Å². The largest absolute Gasteiger partial charge is 0.324 e. The van der Waals surface area contributed by atoms with E-state index < -0.39 is 6.04 Å². The Hall–Kier alpha value is -3.54. The molecule has 30 heavy (non-hydrogen) atoms. The van der Waals surface area contributed by atoms with Gasteiger partial charge in [-0.25, -0.2) is 4.68 Å². The van der Waals surface area contributed by atoms with E-state index in [1.807, 2.05) is 39.0 Å². The van der Waals surface area contributed by atoms with Gasteiger partial charge in [0.15, 0.2) is 5.78 Å². The Morgan fingerprint density at radius 3 is 2.30 bits per heavy atom. The molecule has 2 aromatic carbocycles. The highest BCUT2D eigenvalue weighted by molar-refractivity contribution is 5.96. The van der Waals surface area contributed by atoms with Crippen molar-refractivity contribution in [3.05, 3.63) is 81.6 Å². The molecule has 3 rings (SSSR count). The number of aromatic nitrogens is 2. The van der Waals surface area contributed by atoms with Crippen molar-refractivity contribution >= 4 is 17.4 Å². The maximum Gasteiger partial charge on any atom is 0.267 e. The van der Waals surface area contributed by atoms with E-state index in [1.165, 1.54) is 23.2 Å². The predicted octanol–water partition coefficient (Wildman–Crippen LogP) is 4.32. The predicted molar refractivity (Wildman–Crippen MR) is 118 cm³/mol. The summed E-state index contributed by atoms with van der Waals surface area (Å²) in [5, 5.41) is 7.29. The van der Waals surface area contributed by atoms with E-state index in [4.69, 9.17) is 0 Å². The van der Waals surface area contributed by atoms with Crippen molar-refractivity contribution in [2.45, 2.75) is 40.2 Å². The number of nitrogens with one attached hydrogen (secondary N) is 1. The van der Waals surface area contributed by atoms with Crippen molar-refractivity contribution in [2.24, 2.45) is 0 Å². The zero-order valence-corrected chi connectivity index (χ0v) is 17.6. The Morgan fingerprint density at radius 2 is 1.70 bits per heavy atom. The molecule has 1 N–H and O–H groups in total. The van der Waals surface area contributed by atoms with Crippen LogP contribution < -0.4 is 10.9 Å². The molecular formula is C24H25N3O3. The number of Topliss-reactive ketones (excluding diaryl/α,β-unsaturated/α-hetero) is 1. The Kier molecular flexibility index (Phi) is 6.26. The maximum atomic E-state index is 12.9. The fourth-order valence-electron chi connectivity index (χ4n) is 3.19. The molecule has 0 aliphatic rings. The molecule has 0 fully saturated rings. The monoisotopic (exact) mass is 403 g/mol. The van der Waals surface area contributed by atoms with E-state index in [2.05, 4.69) is 10.4 Å². The Labute approximate surface area is 175 Å². The van der Waals surface area contributed by atoms with Gasteiger partial charge in [0.25, 0.3) is 5.56 Å². The first kappa shape index (κ1) is 21.2. The van der Waals surface area contributed by atoms with Gasteiger partial charge in [0.2, 0.25) is 5.91 Å². The lowest BCUT2D eigenvalue weighted by atomic mass is 10.0. The zero-order chi connectivity index (χ0) is 21.8. The number of rotatable bonds is 6. The van der Waals surface area contributed by atoms with Crippen LogP contribution in [0.15, 0.2) is 59.4 Å². The van der Waals surface area contributed by atoms with E-state index in [9.17, 15) is 14.4 Å². The lowest BCUT2D eigenvalue weighted by Crippen LogP contribution is -2.34. The summed E-state index contributed by atoms with van der Waals surface area (Å²) in [7, 11) is 0. The summed E-state index contributed by atoms with van der Waals surface area (Å²) in [5.74, 6) is -0.377. The lowest BCUT2D eigenvalue weighted by Gasteiger charge is -2.18. The van der Waals surface area contributed by atoms with Crippen LogP contribution in [0.4, 0.5) is 5.69 Å². The number of anilines is 1. The van der Waals surface area contributed by atoms with Gasteiger partial charge < -0.3 is 5.32 Å². The smallest absolute Gasteiger partial charge is 0.267 e. The van der Waals surface area contributed by atoms with Gasteiger partial charge in [-0.1, -0.05) is 19.1 Å². The Morgan fingerprint density at radius 1 is 1.00 bits per heavy atom. The van der Waals surface area contributed by atoms with Gasteiger partial charge in [-0.2, -0.15) is 5.10 Å². The third kappa shape index (κ3) is 4.54. The second-order valence-corrected chi connectivity index (χ2v) is 7.35. The van der Waals surface area contributed by atoms with Gasteiger partial charge >= 0.3 is 0 Å². The van der Waals surface area contributed by atoms with Gasteiger partial charge in [0, 0.05) is 22.9 Å². The second kappa shape index (κ2) is 8.86. The summed E-state index contributed by atoms with van der Waals surface area (Å²) in [4.78, 5) is 36.8. The van der Waals surface area contributed by atoms with E-state index in [1.54, 1.807) is 30.3 Å². The van der Waals surface area contributed by atoms with E-state index >= 15 is 0 Å². The molecule has 0 saturated heterocycles. The van der Waals surface area contributed by atoms with Crippen molar-refractivity contribution in [3.8, 4) is 11.3 Å². The minimum Gasteiger partial charge on any atom is -0.324 e. The van der Waals surface area contributed by atoms with Gasteiger partial charge in [0.1, 0.15) is 6.04 Å². The van der Waals surface area contributed by atoms with Crippen LogP contribution >= 0.6 is 0 Å². The van der Waals surface area contributed by atoms with Crippen molar-refractivity contribution in [2.75, 3.05) is 5.32 Å². The fourth-order valence-corrected chi connectivity index (χ4v) is 3.19. The van der Waals surface area contributed by atoms with Crippen molar-refractivity contribution < 1.29 is 9.59 Å². The SMILES string of the molecule is CCC(C(=O)Nc1ccc(C(C)=O)cc1)n1nc(-c2ccc(C)c(C)c2)ccc1=O. The molecule has 3 aromatic rings. The molecule has 1 amide bonds. The van der Waals surface area contributed by atoms with Crippen LogP contribution in [0, 0.1) is 13.8 Å². The van der Waals surface area contributed by atoms with Crippen LogP contribution in [-0.4, -0.2) is 21.5 Å². The highest BCUT2D eigenvalue weighted by Crippen LogP contribution is 2.21. The van der Waals surface area contributed by atoms with Crippen molar-refractivity contribution in [3.63, 3.8) is 0 Å². The standard InChI is InChI=1S/C24H25N3O3/c1-5-22(24(30)25-20-10-8-18(9-11-20)17(4)28)27-23(29)13-12-21(26-27)19-7-6-15(2)16(3)14-19/h6-14,22H,5H2,1-4H3,(H,25,30). The summed E-state index contributed by atoms with van der Waals surface area (Å²) in [6, 6.07) is 15.0. The van der Waals surface area contributed by atoms with Crippen LogP contribution in [0.2, 0.25) is 0 Å². The molecule has 1 unspecified atom stereocenters. The van der Waals surface area contributed by atoms with Crippen LogP contribution in [0.5, 0.6) is 0 Å². The number of hydrogen-bond donors (Lipinski definition) is 1. The third-order valence-corrected chi connectivity index (χ3v) is 5.17. The number of nitrogens with zero attached hydrogens (tertiary/aromatic N) is 2. The molecule has 1 heterocycles. The minimum atomic E-state index is -0.753. The molecule has 1 atom stereocenters. The number of hydrogen-bond acceptors (Lipinski definition) is 4. The van der Waals surface area contributed by atoms with Gasteiger partial charge in [0.05, 0.1) is 5.69 Å². The molecule has 0 bridgehead atoms.